The Kier molecular flexibility index (Phi) is 1.54. The molecule has 72 valence electrons. The first-order valence-corrected chi connectivity index (χ1v) is 4.83. The van der Waals surface area contributed by atoms with E-state index in [0.717, 1.165) is 12.8 Å². The molecule has 0 aromatic carbocycles. The van der Waals surface area contributed by atoms with E-state index in [-0.39, 0.29) is 17.1 Å². The van der Waals surface area contributed by atoms with Crippen LogP contribution in [0.2, 0.25) is 0 Å². The quantitative estimate of drug-likeness (QED) is 0.621. The summed E-state index contributed by atoms with van der Waals surface area (Å²) in [5.41, 5.74) is -0.553. The lowest BCUT2D eigenvalue weighted by Gasteiger charge is -2.32. The van der Waals surface area contributed by atoms with Crippen LogP contribution < -0.4 is 0 Å². The van der Waals surface area contributed by atoms with Gasteiger partial charge in [-0.05, 0) is 24.2 Å². The third-order valence-electron chi connectivity index (χ3n) is 4.36. The summed E-state index contributed by atoms with van der Waals surface area (Å²) >= 11 is 0. The number of rotatable bonds is 1. The van der Waals surface area contributed by atoms with E-state index in [4.69, 9.17) is 0 Å². The minimum absolute atomic E-state index is 0.0104. The fourth-order valence-electron chi connectivity index (χ4n) is 3.30. The molecule has 1 unspecified atom stereocenters. The number of Topliss-reactive ketones (excluding diaryl/α,β-unsaturated/α-hetero) is 1. The zero-order valence-corrected chi connectivity index (χ0v) is 8.21. The van der Waals surface area contributed by atoms with E-state index < -0.39 is 11.5 Å². The number of aliphatic hydroxyl groups is 1. The highest BCUT2D eigenvalue weighted by Crippen LogP contribution is 2.64. The lowest BCUT2D eigenvalue weighted by Crippen LogP contribution is -2.35. The predicted octanol–water partition coefficient (Wildman–Crippen LogP) is 1.54. The van der Waals surface area contributed by atoms with Gasteiger partial charge in [0, 0.05) is 0 Å². The molecule has 0 heterocycles. The van der Waals surface area contributed by atoms with Gasteiger partial charge in [-0.2, -0.15) is 0 Å². The van der Waals surface area contributed by atoms with Gasteiger partial charge in [-0.25, -0.2) is 0 Å². The van der Waals surface area contributed by atoms with Crippen molar-refractivity contribution in [3.8, 4) is 0 Å². The highest BCUT2D eigenvalue weighted by atomic mass is 16.3. The van der Waals surface area contributed by atoms with E-state index in [0.29, 0.717) is 0 Å². The number of hydrogen-bond acceptors (Lipinski definition) is 2. The van der Waals surface area contributed by atoms with Crippen molar-refractivity contribution in [2.75, 3.05) is 0 Å². The standard InChI is InChI=1S/C11H16O2/c1-4-11-6-5-7(10(11,2)3)8(12)9(11)13/h4,7-8,12H,1,5-6H2,2-3H3/t7-,8?,11+/m1/s1. The number of carbonyl (C=O) groups is 1. The van der Waals surface area contributed by atoms with E-state index in [1.54, 1.807) is 6.08 Å². The van der Waals surface area contributed by atoms with Crippen LogP contribution in [-0.2, 0) is 4.79 Å². The summed E-state index contributed by atoms with van der Waals surface area (Å²) in [7, 11) is 0. The molecule has 1 N–H and O–H groups in total. The summed E-state index contributed by atoms with van der Waals surface area (Å²) in [6, 6.07) is 0. The molecular weight excluding hydrogens is 164 g/mol. The minimum Gasteiger partial charge on any atom is -0.385 e. The maximum atomic E-state index is 11.8. The van der Waals surface area contributed by atoms with Crippen molar-refractivity contribution < 1.29 is 9.90 Å². The van der Waals surface area contributed by atoms with Crippen LogP contribution in [0.3, 0.4) is 0 Å². The molecule has 2 fully saturated rings. The molecule has 2 saturated carbocycles. The number of ketones is 1. The molecule has 2 nitrogen and oxygen atoms in total. The fourth-order valence-corrected chi connectivity index (χ4v) is 3.30. The zero-order valence-electron chi connectivity index (χ0n) is 8.21. The Hall–Kier alpha value is -0.630. The molecule has 0 aromatic rings. The van der Waals surface area contributed by atoms with Crippen molar-refractivity contribution in [1.29, 1.82) is 0 Å². The molecule has 2 bridgehead atoms. The van der Waals surface area contributed by atoms with Crippen molar-refractivity contribution in [3.63, 3.8) is 0 Å². The molecule has 0 aliphatic heterocycles. The number of carbonyl (C=O) groups excluding carboxylic acids is 1. The number of allylic oxidation sites excluding steroid dienone is 1. The third kappa shape index (κ3) is 0.715. The van der Waals surface area contributed by atoms with Gasteiger partial charge in [-0.3, -0.25) is 4.79 Å². The van der Waals surface area contributed by atoms with Crippen LogP contribution >= 0.6 is 0 Å². The molecule has 2 heteroatoms. The molecule has 0 spiro atoms. The van der Waals surface area contributed by atoms with Gasteiger partial charge < -0.3 is 5.11 Å². The van der Waals surface area contributed by atoms with Crippen LogP contribution in [0.15, 0.2) is 12.7 Å². The Morgan fingerprint density at radius 1 is 1.62 bits per heavy atom. The van der Waals surface area contributed by atoms with Gasteiger partial charge >= 0.3 is 0 Å². The van der Waals surface area contributed by atoms with Crippen molar-refractivity contribution in [1.82, 2.24) is 0 Å². The summed E-state index contributed by atoms with van der Waals surface area (Å²) < 4.78 is 0. The van der Waals surface area contributed by atoms with Gasteiger partial charge in [0.25, 0.3) is 0 Å². The second-order valence-corrected chi connectivity index (χ2v) is 4.85. The molecule has 0 saturated heterocycles. The third-order valence-corrected chi connectivity index (χ3v) is 4.36. The molecule has 2 aliphatic rings. The van der Waals surface area contributed by atoms with Gasteiger partial charge in [0.15, 0.2) is 5.78 Å². The van der Waals surface area contributed by atoms with Crippen LogP contribution in [0.1, 0.15) is 26.7 Å². The zero-order chi connectivity index (χ0) is 9.85. The van der Waals surface area contributed by atoms with Gasteiger partial charge in [0.2, 0.25) is 0 Å². The number of hydrogen-bond donors (Lipinski definition) is 1. The number of aliphatic hydroxyl groups excluding tert-OH is 1. The Morgan fingerprint density at radius 2 is 2.23 bits per heavy atom. The first-order chi connectivity index (χ1) is 5.97. The molecule has 0 radical (unpaired) electrons. The van der Waals surface area contributed by atoms with Crippen molar-refractivity contribution in [3.05, 3.63) is 12.7 Å². The van der Waals surface area contributed by atoms with E-state index in [1.165, 1.54) is 0 Å². The topological polar surface area (TPSA) is 37.3 Å². The molecule has 2 rings (SSSR count). The Balaban J connectivity index is 2.56. The van der Waals surface area contributed by atoms with Crippen molar-refractivity contribution >= 4 is 5.78 Å². The summed E-state index contributed by atoms with van der Waals surface area (Å²) in [6.45, 7) is 7.90. The van der Waals surface area contributed by atoms with Gasteiger partial charge in [-0.1, -0.05) is 19.9 Å². The molecule has 2 aliphatic carbocycles. The summed E-state index contributed by atoms with van der Waals surface area (Å²) in [5, 5.41) is 9.72. The smallest absolute Gasteiger partial charge is 0.171 e. The average Bonchev–Trinajstić information content (AvgIpc) is 2.41. The molecular formula is C11H16O2. The Morgan fingerprint density at radius 3 is 2.54 bits per heavy atom. The van der Waals surface area contributed by atoms with E-state index in [1.807, 2.05) is 0 Å². The first-order valence-electron chi connectivity index (χ1n) is 4.83. The maximum absolute atomic E-state index is 11.8. The van der Waals surface area contributed by atoms with E-state index in [2.05, 4.69) is 20.4 Å². The van der Waals surface area contributed by atoms with Crippen molar-refractivity contribution in [2.45, 2.75) is 32.8 Å². The van der Waals surface area contributed by atoms with Gasteiger partial charge in [0.05, 0.1) is 5.41 Å². The molecule has 0 aromatic heterocycles. The molecule has 3 atom stereocenters. The van der Waals surface area contributed by atoms with Crippen LogP contribution in [0.5, 0.6) is 0 Å². The monoisotopic (exact) mass is 180 g/mol. The minimum atomic E-state index is -0.748. The summed E-state index contributed by atoms with van der Waals surface area (Å²) in [6.07, 6.45) is 2.82. The Bertz CT molecular complexity index is 280. The molecule has 0 amide bonds. The van der Waals surface area contributed by atoms with E-state index in [9.17, 15) is 9.90 Å². The predicted molar refractivity (Wildman–Crippen MR) is 50.1 cm³/mol. The second-order valence-electron chi connectivity index (χ2n) is 4.85. The normalized spacial score (nSPS) is 46.8. The lowest BCUT2D eigenvalue weighted by atomic mass is 9.69. The first kappa shape index (κ1) is 8.95. The van der Waals surface area contributed by atoms with Gasteiger partial charge in [0.1, 0.15) is 6.10 Å². The van der Waals surface area contributed by atoms with Gasteiger partial charge in [-0.15, -0.1) is 6.58 Å². The van der Waals surface area contributed by atoms with Crippen LogP contribution in [0.4, 0.5) is 0 Å². The lowest BCUT2D eigenvalue weighted by molar-refractivity contribution is -0.133. The average molecular weight is 180 g/mol. The maximum Gasteiger partial charge on any atom is 0.171 e. The molecule has 13 heavy (non-hydrogen) atoms. The van der Waals surface area contributed by atoms with Crippen LogP contribution in [0, 0.1) is 16.7 Å². The van der Waals surface area contributed by atoms with Crippen LogP contribution in [0.25, 0.3) is 0 Å². The van der Waals surface area contributed by atoms with Crippen molar-refractivity contribution in [2.24, 2.45) is 16.7 Å². The Labute approximate surface area is 78.6 Å². The fraction of sp³-hybridized carbons (Fsp3) is 0.727. The highest BCUT2D eigenvalue weighted by Gasteiger charge is 2.67. The van der Waals surface area contributed by atoms with Crippen LogP contribution in [-0.4, -0.2) is 17.0 Å². The summed E-state index contributed by atoms with van der Waals surface area (Å²) in [4.78, 5) is 11.8. The summed E-state index contributed by atoms with van der Waals surface area (Å²) in [5.74, 6) is 0.127. The highest BCUT2D eigenvalue weighted by molar-refractivity contribution is 5.95. The van der Waals surface area contributed by atoms with E-state index >= 15 is 0 Å². The largest absolute Gasteiger partial charge is 0.385 e. The number of fused-ring (bicyclic) bond motifs is 2. The SMILES string of the molecule is C=C[C@]12CC[C@H](C(O)C1=O)C2(C)C. The second kappa shape index (κ2) is 2.24.